The molecule has 0 saturated carbocycles. The molecule has 0 bridgehead atoms. The van der Waals surface area contributed by atoms with Crippen molar-refractivity contribution < 1.29 is 9.53 Å². The summed E-state index contributed by atoms with van der Waals surface area (Å²) in [5.41, 5.74) is 1.96. The van der Waals surface area contributed by atoms with E-state index in [2.05, 4.69) is 5.32 Å². The molecule has 3 heteroatoms. The van der Waals surface area contributed by atoms with Crippen molar-refractivity contribution in [2.24, 2.45) is 0 Å². The predicted octanol–water partition coefficient (Wildman–Crippen LogP) is 2.87. The first-order chi connectivity index (χ1) is 6.22. The number of hydrogen-bond donors (Lipinski definition) is 1. The summed E-state index contributed by atoms with van der Waals surface area (Å²) in [6, 6.07) is 0. The van der Waals surface area contributed by atoms with Crippen molar-refractivity contribution in [2.45, 2.75) is 47.1 Å². The lowest BCUT2D eigenvalue weighted by molar-refractivity contribution is 0.0532. The Morgan fingerprint density at radius 3 is 2.07 bits per heavy atom. The van der Waals surface area contributed by atoms with Crippen molar-refractivity contribution in [1.29, 1.82) is 0 Å². The number of hydrogen-bond acceptors (Lipinski definition) is 2. The summed E-state index contributed by atoms with van der Waals surface area (Å²) in [7, 11) is 0. The normalized spacial score (nSPS) is 10.7. The molecule has 1 amide bonds. The Kier molecular flexibility index (Phi) is 4.68. The summed E-state index contributed by atoms with van der Waals surface area (Å²) in [6.45, 7) is 12.1. The second-order valence-electron chi connectivity index (χ2n) is 4.64. The number of carbonyl (C=O) groups excluding carboxylic acids is 1. The van der Waals surface area contributed by atoms with Gasteiger partial charge in [-0.2, -0.15) is 0 Å². The molecule has 0 atom stereocenters. The van der Waals surface area contributed by atoms with Crippen molar-refractivity contribution >= 4 is 6.09 Å². The number of amides is 1. The molecule has 0 aromatic carbocycles. The molecule has 1 N–H and O–H groups in total. The van der Waals surface area contributed by atoms with Crippen molar-refractivity contribution in [2.75, 3.05) is 6.54 Å². The van der Waals surface area contributed by atoms with Crippen LogP contribution in [0.1, 0.15) is 41.5 Å². The van der Waals surface area contributed by atoms with Gasteiger partial charge in [0.1, 0.15) is 5.60 Å². The van der Waals surface area contributed by atoms with E-state index in [0.717, 1.165) is 5.57 Å². The fourth-order valence-electron chi connectivity index (χ4n) is 0.696. The van der Waals surface area contributed by atoms with Crippen LogP contribution in [0.15, 0.2) is 11.1 Å². The van der Waals surface area contributed by atoms with Gasteiger partial charge in [0.25, 0.3) is 0 Å². The van der Waals surface area contributed by atoms with Crippen molar-refractivity contribution in [3.8, 4) is 0 Å². The predicted molar refractivity (Wildman–Crippen MR) is 58.3 cm³/mol. The molecule has 3 nitrogen and oxygen atoms in total. The zero-order valence-corrected chi connectivity index (χ0v) is 10.0. The van der Waals surface area contributed by atoms with Crippen LogP contribution in [0.4, 0.5) is 4.79 Å². The van der Waals surface area contributed by atoms with E-state index < -0.39 is 5.60 Å². The van der Waals surface area contributed by atoms with E-state index in [1.54, 1.807) is 0 Å². The van der Waals surface area contributed by atoms with Crippen molar-refractivity contribution in [3.63, 3.8) is 0 Å². The van der Waals surface area contributed by atoms with Gasteiger partial charge in [0.15, 0.2) is 0 Å². The van der Waals surface area contributed by atoms with Crippen LogP contribution in [0.3, 0.4) is 0 Å². The third-order valence-electron chi connectivity index (χ3n) is 1.75. The highest BCUT2D eigenvalue weighted by molar-refractivity contribution is 5.68. The molecule has 0 radical (unpaired) electrons. The molecule has 0 spiro atoms. The van der Waals surface area contributed by atoms with Crippen LogP contribution in [0.2, 0.25) is 0 Å². The number of rotatable bonds is 2. The first-order valence-electron chi connectivity index (χ1n) is 4.82. The fourth-order valence-corrected chi connectivity index (χ4v) is 0.696. The molecule has 0 unspecified atom stereocenters. The summed E-state index contributed by atoms with van der Waals surface area (Å²) in [4.78, 5) is 11.2. The molecule has 0 saturated heterocycles. The maximum Gasteiger partial charge on any atom is 0.407 e. The van der Waals surface area contributed by atoms with Gasteiger partial charge in [-0.25, -0.2) is 4.79 Å². The molecule has 0 aliphatic heterocycles. The molecule has 14 heavy (non-hydrogen) atoms. The minimum absolute atomic E-state index is 0.363. The molecule has 0 aliphatic carbocycles. The smallest absolute Gasteiger partial charge is 0.407 e. The van der Waals surface area contributed by atoms with Crippen LogP contribution in [-0.2, 0) is 4.74 Å². The molecule has 0 rings (SSSR count). The van der Waals surface area contributed by atoms with Crippen LogP contribution < -0.4 is 5.32 Å². The fraction of sp³-hybridized carbons (Fsp3) is 0.727. The monoisotopic (exact) mass is 199 g/mol. The van der Waals surface area contributed by atoms with Crippen LogP contribution in [-0.4, -0.2) is 18.2 Å². The molecular weight excluding hydrogens is 178 g/mol. The second kappa shape index (κ2) is 5.03. The summed E-state index contributed by atoms with van der Waals surface area (Å²) in [5, 5.41) is 2.70. The maximum atomic E-state index is 11.2. The van der Waals surface area contributed by atoms with E-state index in [0.29, 0.717) is 6.54 Å². The zero-order chi connectivity index (χ0) is 11.4. The Labute approximate surface area is 86.5 Å². The van der Waals surface area contributed by atoms with Gasteiger partial charge >= 0.3 is 6.09 Å². The van der Waals surface area contributed by atoms with Gasteiger partial charge in [0.05, 0.1) is 0 Å². The minimum atomic E-state index is -0.428. The van der Waals surface area contributed by atoms with Crippen molar-refractivity contribution in [3.05, 3.63) is 11.1 Å². The average Bonchev–Trinajstić information content (AvgIpc) is 1.96. The number of ether oxygens (including phenoxy) is 1. The standard InChI is InChI=1S/C11H21NO2/c1-8(2)9(3)7-12-10(13)14-11(4,5)6/h7H2,1-6H3,(H,12,13). The van der Waals surface area contributed by atoms with Gasteiger partial charge in [-0.3, -0.25) is 0 Å². The van der Waals surface area contributed by atoms with Gasteiger partial charge in [-0.1, -0.05) is 11.1 Å². The SMILES string of the molecule is CC(C)=C(C)CNC(=O)OC(C)(C)C. The van der Waals surface area contributed by atoms with Gasteiger partial charge in [0, 0.05) is 6.54 Å². The van der Waals surface area contributed by atoms with Crippen LogP contribution in [0.25, 0.3) is 0 Å². The van der Waals surface area contributed by atoms with E-state index in [1.165, 1.54) is 5.57 Å². The van der Waals surface area contributed by atoms with E-state index in [4.69, 9.17) is 4.74 Å². The van der Waals surface area contributed by atoms with E-state index in [9.17, 15) is 4.79 Å². The number of alkyl carbamates (subject to hydrolysis) is 1. The lowest BCUT2D eigenvalue weighted by Gasteiger charge is -2.19. The molecule has 0 fully saturated rings. The van der Waals surface area contributed by atoms with Gasteiger partial charge in [-0.15, -0.1) is 0 Å². The Hall–Kier alpha value is -0.990. The van der Waals surface area contributed by atoms with Gasteiger partial charge in [0.2, 0.25) is 0 Å². The Bertz CT molecular complexity index is 232. The van der Waals surface area contributed by atoms with E-state index >= 15 is 0 Å². The number of allylic oxidation sites excluding steroid dienone is 1. The molecule has 0 heterocycles. The quantitative estimate of drug-likeness (QED) is 0.694. The van der Waals surface area contributed by atoms with Crippen LogP contribution >= 0.6 is 0 Å². The lowest BCUT2D eigenvalue weighted by atomic mass is 10.2. The molecule has 0 aliphatic rings. The Morgan fingerprint density at radius 1 is 1.21 bits per heavy atom. The number of nitrogens with one attached hydrogen (secondary N) is 1. The highest BCUT2D eigenvalue weighted by Gasteiger charge is 2.15. The number of carbonyl (C=O) groups is 1. The van der Waals surface area contributed by atoms with E-state index in [1.807, 2.05) is 41.5 Å². The lowest BCUT2D eigenvalue weighted by Crippen LogP contribution is -2.33. The van der Waals surface area contributed by atoms with Gasteiger partial charge < -0.3 is 10.1 Å². The Balaban J connectivity index is 3.94. The second-order valence-corrected chi connectivity index (χ2v) is 4.64. The zero-order valence-electron chi connectivity index (χ0n) is 10.0. The van der Waals surface area contributed by atoms with Gasteiger partial charge in [-0.05, 0) is 41.5 Å². The Morgan fingerprint density at radius 2 is 1.71 bits per heavy atom. The minimum Gasteiger partial charge on any atom is -0.444 e. The highest BCUT2D eigenvalue weighted by Crippen LogP contribution is 2.07. The largest absolute Gasteiger partial charge is 0.444 e. The average molecular weight is 199 g/mol. The summed E-state index contributed by atoms with van der Waals surface area (Å²) < 4.78 is 5.10. The molecular formula is C11H21NO2. The first kappa shape index (κ1) is 13.0. The third-order valence-corrected chi connectivity index (χ3v) is 1.75. The first-order valence-corrected chi connectivity index (χ1v) is 4.82. The summed E-state index contributed by atoms with van der Waals surface area (Å²) in [6.07, 6.45) is -0.363. The van der Waals surface area contributed by atoms with Crippen molar-refractivity contribution in [1.82, 2.24) is 5.32 Å². The summed E-state index contributed by atoms with van der Waals surface area (Å²) in [5.74, 6) is 0. The van der Waals surface area contributed by atoms with Crippen LogP contribution in [0.5, 0.6) is 0 Å². The van der Waals surface area contributed by atoms with Crippen LogP contribution in [0, 0.1) is 0 Å². The summed E-state index contributed by atoms with van der Waals surface area (Å²) >= 11 is 0. The molecule has 0 aromatic rings. The maximum absolute atomic E-state index is 11.2. The highest BCUT2D eigenvalue weighted by atomic mass is 16.6. The topological polar surface area (TPSA) is 38.3 Å². The third kappa shape index (κ3) is 6.52. The molecule has 0 aromatic heterocycles. The van der Waals surface area contributed by atoms with E-state index in [-0.39, 0.29) is 6.09 Å². The molecule has 82 valence electrons.